The van der Waals surface area contributed by atoms with E-state index in [1.54, 1.807) is 6.92 Å². The number of rotatable bonds is 8. The number of aliphatic hydroxyl groups is 1. The summed E-state index contributed by atoms with van der Waals surface area (Å²) in [6.45, 7) is 10.4. The Bertz CT molecular complexity index is 314. The number of hydrogen-bond donors (Lipinski definition) is 1. The van der Waals surface area contributed by atoms with Gasteiger partial charge < -0.3 is 5.11 Å². The molecule has 0 aliphatic carbocycles. The van der Waals surface area contributed by atoms with Crippen molar-refractivity contribution in [1.29, 1.82) is 0 Å². The van der Waals surface area contributed by atoms with Crippen molar-refractivity contribution in [3.63, 3.8) is 0 Å². The molecule has 0 saturated carbocycles. The van der Waals surface area contributed by atoms with Gasteiger partial charge in [-0.05, 0) is 37.0 Å². The van der Waals surface area contributed by atoms with E-state index in [4.69, 9.17) is 0 Å². The summed E-state index contributed by atoms with van der Waals surface area (Å²) in [7, 11) is -2.88. The highest BCUT2D eigenvalue weighted by molar-refractivity contribution is 7.91. The van der Waals surface area contributed by atoms with E-state index < -0.39 is 9.84 Å². The first-order valence-corrected chi connectivity index (χ1v) is 8.76. The van der Waals surface area contributed by atoms with Crippen molar-refractivity contribution in [2.45, 2.75) is 66.4 Å². The molecule has 0 aromatic rings. The fourth-order valence-corrected chi connectivity index (χ4v) is 3.29. The summed E-state index contributed by atoms with van der Waals surface area (Å²) in [6.07, 6.45) is 2.64. The van der Waals surface area contributed by atoms with E-state index in [1.807, 2.05) is 0 Å². The molecule has 0 rings (SSSR count). The molecule has 18 heavy (non-hydrogen) atoms. The fourth-order valence-electron chi connectivity index (χ4n) is 2.39. The minimum absolute atomic E-state index is 0.198. The Morgan fingerprint density at radius 2 is 1.78 bits per heavy atom. The molecule has 0 saturated heterocycles. The molecule has 0 fully saturated rings. The predicted molar refractivity (Wildman–Crippen MR) is 77.4 cm³/mol. The zero-order valence-corrected chi connectivity index (χ0v) is 13.4. The standard InChI is InChI=1S/C14H30O3S/c1-6-18(16,17)9-7-8-13(15)10-12(2)11-14(3,4)5/h12-13,15H,6-11H2,1-5H3. The molecule has 110 valence electrons. The Kier molecular flexibility index (Phi) is 7.45. The van der Waals surface area contributed by atoms with E-state index in [2.05, 4.69) is 27.7 Å². The quantitative estimate of drug-likeness (QED) is 0.742. The second-order valence-corrected chi connectivity index (χ2v) is 9.11. The first-order chi connectivity index (χ1) is 8.06. The lowest BCUT2D eigenvalue weighted by Crippen LogP contribution is -2.18. The van der Waals surface area contributed by atoms with Gasteiger partial charge in [0.05, 0.1) is 11.9 Å². The van der Waals surface area contributed by atoms with Crippen LogP contribution in [-0.4, -0.2) is 31.1 Å². The predicted octanol–water partition coefficient (Wildman–Crippen LogP) is 3.02. The third-order valence-corrected chi connectivity index (χ3v) is 4.86. The highest BCUT2D eigenvalue weighted by Crippen LogP contribution is 2.27. The average Bonchev–Trinajstić information content (AvgIpc) is 2.13. The zero-order chi connectivity index (χ0) is 14.4. The van der Waals surface area contributed by atoms with Crippen molar-refractivity contribution in [2.75, 3.05) is 11.5 Å². The minimum atomic E-state index is -2.88. The Morgan fingerprint density at radius 3 is 2.22 bits per heavy atom. The van der Waals surface area contributed by atoms with Crippen molar-refractivity contribution >= 4 is 9.84 Å². The molecule has 0 heterocycles. The first kappa shape index (κ1) is 17.9. The van der Waals surface area contributed by atoms with Crippen LogP contribution in [0.15, 0.2) is 0 Å². The molecule has 3 nitrogen and oxygen atoms in total. The van der Waals surface area contributed by atoms with Crippen LogP contribution in [0.5, 0.6) is 0 Å². The summed E-state index contributed by atoms with van der Waals surface area (Å²) < 4.78 is 22.6. The molecule has 0 bridgehead atoms. The Labute approximate surface area is 113 Å². The van der Waals surface area contributed by atoms with E-state index >= 15 is 0 Å². The van der Waals surface area contributed by atoms with Gasteiger partial charge in [0.1, 0.15) is 9.84 Å². The third kappa shape index (κ3) is 9.89. The van der Waals surface area contributed by atoms with E-state index in [9.17, 15) is 13.5 Å². The van der Waals surface area contributed by atoms with E-state index in [1.165, 1.54) is 0 Å². The van der Waals surface area contributed by atoms with Crippen molar-refractivity contribution in [3.05, 3.63) is 0 Å². The van der Waals surface area contributed by atoms with Gasteiger partial charge in [-0.3, -0.25) is 0 Å². The van der Waals surface area contributed by atoms with Gasteiger partial charge in [-0.15, -0.1) is 0 Å². The second kappa shape index (κ2) is 7.49. The Morgan fingerprint density at radius 1 is 1.22 bits per heavy atom. The van der Waals surface area contributed by atoms with Crippen molar-refractivity contribution in [1.82, 2.24) is 0 Å². The lowest BCUT2D eigenvalue weighted by molar-refractivity contribution is 0.124. The second-order valence-electron chi connectivity index (χ2n) is 6.64. The van der Waals surface area contributed by atoms with E-state index in [0.717, 1.165) is 12.8 Å². The molecule has 2 atom stereocenters. The summed E-state index contributed by atoms with van der Waals surface area (Å²) in [6, 6.07) is 0. The minimum Gasteiger partial charge on any atom is -0.393 e. The molecule has 1 N–H and O–H groups in total. The van der Waals surface area contributed by atoms with Crippen molar-refractivity contribution in [2.24, 2.45) is 11.3 Å². The van der Waals surface area contributed by atoms with Gasteiger partial charge in [0, 0.05) is 5.75 Å². The highest BCUT2D eigenvalue weighted by Gasteiger charge is 2.18. The summed E-state index contributed by atoms with van der Waals surface area (Å²) in [5, 5.41) is 9.89. The maximum atomic E-state index is 11.3. The zero-order valence-electron chi connectivity index (χ0n) is 12.6. The van der Waals surface area contributed by atoms with Crippen LogP contribution in [0.1, 0.15) is 60.3 Å². The van der Waals surface area contributed by atoms with E-state index in [-0.39, 0.29) is 23.0 Å². The Balaban J connectivity index is 3.88. The monoisotopic (exact) mass is 278 g/mol. The molecular formula is C14H30O3S. The van der Waals surface area contributed by atoms with Gasteiger partial charge in [0.25, 0.3) is 0 Å². The van der Waals surface area contributed by atoms with Gasteiger partial charge in [-0.25, -0.2) is 8.42 Å². The molecular weight excluding hydrogens is 248 g/mol. The fraction of sp³-hybridized carbons (Fsp3) is 1.00. The van der Waals surface area contributed by atoms with Gasteiger partial charge in [-0.2, -0.15) is 0 Å². The van der Waals surface area contributed by atoms with Gasteiger partial charge >= 0.3 is 0 Å². The molecule has 0 aromatic heterocycles. The molecule has 0 aliphatic heterocycles. The summed E-state index contributed by atoms with van der Waals surface area (Å²) in [5.74, 6) is 0.875. The molecule has 2 unspecified atom stereocenters. The van der Waals surface area contributed by atoms with Crippen LogP contribution in [0.3, 0.4) is 0 Å². The molecule has 0 spiro atoms. The SMILES string of the molecule is CCS(=O)(=O)CCCC(O)CC(C)CC(C)(C)C. The van der Waals surface area contributed by atoms with Crippen LogP contribution in [0.2, 0.25) is 0 Å². The topological polar surface area (TPSA) is 54.4 Å². The lowest BCUT2D eigenvalue weighted by atomic mass is 9.83. The normalized spacial score (nSPS) is 16.6. The maximum absolute atomic E-state index is 11.3. The average molecular weight is 278 g/mol. The summed E-state index contributed by atoms with van der Waals surface area (Å²) >= 11 is 0. The summed E-state index contributed by atoms with van der Waals surface area (Å²) in [4.78, 5) is 0. The lowest BCUT2D eigenvalue weighted by Gasteiger charge is -2.24. The van der Waals surface area contributed by atoms with Gasteiger partial charge in [0.15, 0.2) is 0 Å². The largest absolute Gasteiger partial charge is 0.393 e. The number of hydrogen-bond acceptors (Lipinski definition) is 3. The van der Waals surface area contributed by atoms with Gasteiger partial charge in [0.2, 0.25) is 0 Å². The van der Waals surface area contributed by atoms with Crippen molar-refractivity contribution in [3.8, 4) is 0 Å². The maximum Gasteiger partial charge on any atom is 0.150 e. The van der Waals surface area contributed by atoms with E-state index in [0.29, 0.717) is 18.8 Å². The number of sulfone groups is 1. The first-order valence-electron chi connectivity index (χ1n) is 6.94. The van der Waals surface area contributed by atoms with Crippen LogP contribution in [0, 0.1) is 11.3 Å². The third-order valence-electron chi connectivity index (χ3n) is 3.07. The van der Waals surface area contributed by atoms with Crippen LogP contribution in [0.4, 0.5) is 0 Å². The highest BCUT2D eigenvalue weighted by atomic mass is 32.2. The Hall–Kier alpha value is -0.0900. The van der Waals surface area contributed by atoms with Crippen LogP contribution >= 0.6 is 0 Å². The number of aliphatic hydroxyl groups excluding tert-OH is 1. The summed E-state index contributed by atoms with van der Waals surface area (Å²) in [5.41, 5.74) is 0.282. The van der Waals surface area contributed by atoms with Gasteiger partial charge in [-0.1, -0.05) is 34.6 Å². The molecule has 0 aromatic carbocycles. The van der Waals surface area contributed by atoms with Crippen LogP contribution < -0.4 is 0 Å². The molecule has 0 aliphatic rings. The van der Waals surface area contributed by atoms with Crippen LogP contribution in [0.25, 0.3) is 0 Å². The molecule has 0 amide bonds. The smallest absolute Gasteiger partial charge is 0.150 e. The molecule has 0 radical (unpaired) electrons. The molecule has 4 heteroatoms. The van der Waals surface area contributed by atoms with Crippen LogP contribution in [-0.2, 0) is 9.84 Å². The van der Waals surface area contributed by atoms with Crippen molar-refractivity contribution < 1.29 is 13.5 Å².